The standard InChI is InChI=1S/C13H16F2N2S/c1-2-3-7-6-11(7)17-12-9(14)4-8(13(16)18)5-10(12)15/h4-5,7,11,17H,2-3,6H2,1H3,(H2,16,18). The molecule has 1 aromatic rings. The Labute approximate surface area is 111 Å². The van der Waals surface area contributed by atoms with Crippen LogP contribution < -0.4 is 11.1 Å². The van der Waals surface area contributed by atoms with Gasteiger partial charge in [0.25, 0.3) is 0 Å². The van der Waals surface area contributed by atoms with E-state index < -0.39 is 11.6 Å². The zero-order valence-electron chi connectivity index (χ0n) is 10.2. The molecule has 1 aliphatic rings. The number of thiocarbonyl (C=S) groups is 1. The number of nitrogens with one attached hydrogen (secondary N) is 1. The van der Waals surface area contributed by atoms with Crippen molar-refractivity contribution in [2.24, 2.45) is 11.7 Å². The number of benzene rings is 1. The van der Waals surface area contributed by atoms with Crippen LogP contribution in [0.25, 0.3) is 0 Å². The van der Waals surface area contributed by atoms with Gasteiger partial charge in [-0.15, -0.1) is 0 Å². The Morgan fingerprint density at radius 2 is 2.06 bits per heavy atom. The number of rotatable bonds is 5. The van der Waals surface area contributed by atoms with Crippen LogP contribution in [0.15, 0.2) is 12.1 Å². The van der Waals surface area contributed by atoms with E-state index in [1.54, 1.807) is 0 Å². The summed E-state index contributed by atoms with van der Waals surface area (Å²) in [6.07, 6.45) is 3.16. The average molecular weight is 270 g/mol. The molecule has 1 fully saturated rings. The van der Waals surface area contributed by atoms with Gasteiger partial charge in [0.15, 0.2) is 0 Å². The molecule has 0 spiro atoms. The molecular weight excluding hydrogens is 254 g/mol. The summed E-state index contributed by atoms with van der Waals surface area (Å²) in [5.41, 5.74) is 5.50. The maximum atomic E-state index is 13.8. The lowest BCUT2D eigenvalue weighted by Crippen LogP contribution is -2.13. The van der Waals surface area contributed by atoms with Gasteiger partial charge >= 0.3 is 0 Å². The number of hydrogen-bond donors (Lipinski definition) is 2. The van der Waals surface area contributed by atoms with Gasteiger partial charge in [-0.2, -0.15) is 0 Å². The molecule has 0 heterocycles. The van der Waals surface area contributed by atoms with Crippen LogP contribution in [0.4, 0.5) is 14.5 Å². The van der Waals surface area contributed by atoms with Crippen molar-refractivity contribution in [2.75, 3.05) is 5.32 Å². The highest BCUT2D eigenvalue weighted by atomic mass is 32.1. The fourth-order valence-corrected chi connectivity index (χ4v) is 2.27. The largest absolute Gasteiger partial charge is 0.389 e. The second-order valence-electron chi connectivity index (χ2n) is 4.71. The first-order valence-corrected chi connectivity index (χ1v) is 6.49. The van der Waals surface area contributed by atoms with Crippen LogP contribution in [-0.2, 0) is 0 Å². The highest BCUT2D eigenvalue weighted by Gasteiger charge is 2.36. The average Bonchev–Trinajstić information content (AvgIpc) is 3.02. The SMILES string of the molecule is CCCC1CC1Nc1c(F)cc(C(N)=S)cc1F. The van der Waals surface area contributed by atoms with E-state index in [0.717, 1.165) is 19.3 Å². The van der Waals surface area contributed by atoms with Crippen molar-refractivity contribution in [1.82, 2.24) is 0 Å². The lowest BCUT2D eigenvalue weighted by Gasteiger charge is -2.10. The molecule has 5 heteroatoms. The molecular formula is C13H16F2N2S. The van der Waals surface area contributed by atoms with Gasteiger partial charge in [-0.3, -0.25) is 0 Å². The molecule has 98 valence electrons. The second kappa shape index (κ2) is 5.18. The van der Waals surface area contributed by atoms with Crippen LogP contribution in [0.3, 0.4) is 0 Å². The molecule has 2 nitrogen and oxygen atoms in total. The van der Waals surface area contributed by atoms with Gasteiger partial charge in [0.2, 0.25) is 0 Å². The predicted molar refractivity (Wildman–Crippen MR) is 72.7 cm³/mol. The monoisotopic (exact) mass is 270 g/mol. The van der Waals surface area contributed by atoms with Crippen molar-refractivity contribution in [3.63, 3.8) is 0 Å². The minimum absolute atomic E-state index is 0.00497. The van der Waals surface area contributed by atoms with Crippen LogP contribution in [0.2, 0.25) is 0 Å². The molecule has 0 aromatic heterocycles. The zero-order valence-corrected chi connectivity index (χ0v) is 11.0. The molecule has 3 N–H and O–H groups in total. The molecule has 0 saturated heterocycles. The van der Waals surface area contributed by atoms with Crippen LogP contribution in [0.1, 0.15) is 31.7 Å². The first kappa shape index (κ1) is 13.2. The fourth-order valence-electron chi connectivity index (χ4n) is 2.15. The third-order valence-electron chi connectivity index (χ3n) is 3.24. The number of hydrogen-bond acceptors (Lipinski definition) is 2. The van der Waals surface area contributed by atoms with E-state index in [4.69, 9.17) is 18.0 Å². The van der Waals surface area contributed by atoms with Gasteiger partial charge in [0.1, 0.15) is 22.3 Å². The number of nitrogens with two attached hydrogens (primary N) is 1. The first-order chi connectivity index (χ1) is 8.52. The molecule has 1 aliphatic carbocycles. The van der Waals surface area contributed by atoms with Crippen molar-refractivity contribution in [1.29, 1.82) is 0 Å². The Bertz CT molecular complexity index is 453. The first-order valence-electron chi connectivity index (χ1n) is 6.08. The molecule has 18 heavy (non-hydrogen) atoms. The third kappa shape index (κ3) is 2.77. The summed E-state index contributed by atoms with van der Waals surface area (Å²) < 4.78 is 27.5. The molecule has 0 bridgehead atoms. The lowest BCUT2D eigenvalue weighted by atomic mass is 10.1. The topological polar surface area (TPSA) is 38.0 Å². The second-order valence-corrected chi connectivity index (χ2v) is 5.15. The van der Waals surface area contributed by atoms with Crippen molar-refractivity contribution < 1.29 is 8.78 Å². The fraction of sp³-hybridized carbons (Fsp3) is 0.462. The van der Waals surface area contributed by atoms with Crippen LogP contribution in [-0.4, -0.2) is 11.0 Å². The van der Waals surface area contributed by atoms with Crippen molar-refractivity contribution in [3.8, 4) is 0 Å². The zero-order chi connectivity index (χ0) is 13.3. The minimum Gasteiger partial charge on any atom is -0.389 e. The quantitative estimate of drug-likeness (QED) is 0.807. The Morgan fingerprint density at radius 3 is 2.56 bits per heavy atom. The number of anilines is 1. The Kier molecular flexibility index (Phi) is 3.80. The molecule has 2 atom stereocenters. The molecule has 0 amide bonds. The van der Waals surface area contributed by atoms with Gasteiger partial charge in [-0.1, -0.05) is 25.6 Å². The Hall–Kier alpha value is -1.23. The van der Waals surface area contributed by atoms with Crippen molar-refractivity contribution in [2.45, 2.75) is 32.2 Å². The molecule has 0 radical (unpaired) electrons. The molecule has 2 unspecified atom stereocenters. The maximum absolute atomic E-state index is 13.8. The summed E-state index contributed by atoms with van der Waals surface area (Å²) in [5.74, 6) is -0.746. The third-order valence-corrected chi connectivity index (χ3v) is 3.47. The van der Waals surface area contributed by atoms with E-state index in [0.29, 0.717) is 5.92 Å². The van der Waals surface area contributed by atoms with E-state index in [-0.39, 0.29) is 22.3 Å². The Morgan fingerprint density at radius 1 is 1.44 bits per heavy atom. The summed E-state index contributed by atoms with van der Waals surface area (Å²) in [6.45, 7) is 2.10. The predicted octanol–water partition coefficient (Wildman–Crippen LogP) is 3.20. The van der Waals surface area contributed by atoms with Gasteiger partial charge in [0, 0.05) is 11.6 Å². The Balaban J connectivity index is 2.12. The molecule has 0 aliphatic heterocycles. The molecule has 2 rings (SSSR count). The normalized spacial score (nSPS) is 21.7. The van der Waals surface area contributed by atoms with Crippen LogP contribution in [0, 0.1) is 17.6 Å². The van der Waals surface area contributed by atoms with E-state index >= 15 is 0 Å². The van der Waals surface area contributed by atoms with E-state index in [1.807, 2.05) is 0 Å². The highest BCUT2D eigenvalue weighted by molar-refractivity contribution is 7.80. The summed E-state index contributed by atoms with van der Waals surface area (Å²) >= 11 is 4.70. The summed E-state index contributed by atoms with van der Waals surface area (Å²) in [4.78, 5) is -0.00497. The summed E-state index contributed by atoms with van der Waals surface area (Å²) in [6, 6.07) is 2.53. The lowest BCUT2D eigenvalue weighted by molar-refractivity contribution is 0.585. The van der Waals surface area contributed by atoms with E-state index in [1.165, 1.54) is 12.1 Å². The molecule has 1 aromatic carbocycles. The van der Waals surface area contributed by atoms with Crippen LogP contribution >= 0.6 is 12.2 Å². The highest BCUT2D eigenvalue weighted by Crippen LogP contribution is 2.38. The number of halogens is 2. The summed E-state index contributed by atoms with van der Waals surface area (Å²) in [5, 5.41) is 2.92. The van der Waals surface area contributed by atoms with Gasteiger partial charge in [0.05, 0.1) is 0 Å². The van der Waals surface area contributed by atoms with Gasteiger partial charge in [-0.05, 0) is 30.9 Å². The van der Waals surface area contributed by atoms with Crippen LogP contribution in [0.5, 0.6) is 0 Å². The maximum Gasteiger partial charge on any atom is 0.150 e. The van der Waals surface area contributed by atoms with Crippen molar-refractivity contribution >= 4 is 22.9 Å². The minimum atomic E-state index is -0.639. The van der Waals surface area contributed by atoms with Crippen molar-refractivity contribution in [3.05, 3.63) is 29.3 Å². The van der Waals surface area contributed by atoms with Gasteiger partial charge < -0.3 is 11.1 Å². The summed E-state index contributed by atoms with van der Waals surface area (Å²) in [7, 11) is 0. The van der Waals surface area contributed by atoms with E-state index in [2.05, 4.69) is 12.2 Å². The smallest absolute Gasteiger partial charge is 0.150 e. The van der Waals surface area contributed by atoms with E-state index in [9.17, 15) is 8.78 Å². The van der Waals surface area contributed by atoms with Gasteiger partial charge in [-0.25, -0.2) is 8.78 Å². The molecule has 1 saturated carbocycles.